The Morgan fingerprint density at radius 3 is 1.60 bits per heavy atom. The molecule has 1 aliphatic heterocycles. The Balaban J connectivity index is 2.12. The molecule has 68 heavy (non-hydrogen) atoms. The second kappa shape index (κ2) is 47.0. The van der Waals surface area contributed by atoms with E-state index in [4.69, 9.17) is 14.2 Å². The minimum Gasteiger partial charge on any atom is -0.466 e. The second-order valence-electron chi connectivity index (χ2n) is 19.3. The Morgan fingerprint density at radius 2 is 1.01 bits per heavy atom. The highest BCUT2D eigenvalue weighted by molar-refractivity contribution is 5.76. The number of rotatable bonds is 47. The van der Waals surface area contributed by atoms with Crippen molar-refractivity contribution in [2.45, 2.75) is 281 Å². The van der Waals surface area contributed by atoms with Crippen LogP contribution in [0.15, 0.2) is 48.6 Å². The number of aliphatic hydroxyl groups excluding tert-OH is 5. The van der Waals surface area contributed by atoms with Gasteiger partial charge in [0, 0.05) is 12.8 Å². The molecule has 6 N–H and O–H groups in total. The lowest BCUT2D eigenvalue weighted by Gasteiger charge is -2.40. The van der Waals surface area contributed by atoms with Gasteiger partial charge in [0.05, 0.1) is 32.0 Å². The number of unbranched alkanes of at least 4 members (excludes halogenated alkanes) is 27. The number of ether oxygens (including phenoxy) is 3. The SMILES string of the molecule is CCCCC/C=C/CC/C=C/C(O)C(COC1OC(CO)C(O)C(O)C1O)NC(=O)CC/C=C\C/C=C\CCCCCCCCOC(=O)CCCCCCCCCCCCCCCCCCCC. The number of aliphatic hydroxyl groups is 5. The fraction of sp³-hybridized carbons (Fsp3) is 0.825. The van der Waals surface area contributed by atoms with Crippen LogP contribution in [0.4, 0.5) is 0 Å². The van der Waals surface area contributed by atoms with E-state index in [0.717, 1.165) is 70.6 Å². The Morgan fingerprint density at radius 1 is 0.544 bits per heavy atom. The first kappa shape index (κ1) is 63.6. The molecule has 396 valence electrons. The molecule has 0 aliphatic carbocycles. The third kappa shape index (κ3) is 36.5. The standard InChI is InChI=1S/C57H103NO10/c1-3-5-7-9-11-13-14-15-16-17-18-19-22-25-29-33-37-41-45-53(62)66-46-42-38-34-30-26-23-20-21-24-28-32-36-40-44-52(61)58-49(50(60)43-39-35-31-27-12-10-8-6-4-2)48-67-57-56(65)55(64)54(63)51(47-59)68-57/h12,21,24,27,32,36,39,43,49-51,54-57,59-60,63-65H,3-11,13-20,22-23,25-26,28-31,33-35,37-38,40-42,44-48H2,1-2H3,(H,58,61)/b24-21-,27-12+,36-32-,43-39+. The summed E-state index contributed by atoms with van der Waals surface area (Å²) in [5.74, 6) is -0.313. The molecule has 1 amide bonds. The molecule has 1 aliphatic rings. The maximum atomic E-state index is 12.9. The van der Waals surface area contributed by atoms with Crippen LogP contribution < -0.4 is 5.32 Å². The zero-order valence-electron chi connectivity index (χ0n) is 43.3. The highest BCUT2D eigenvalue weighted by Crippen LogP contribution is 2.23. The summed E-state index contributed by atoms with van der Waals surface area (Å²) >= 11 is 0. The molecule has 11 nitrogen and oxygen atoms in total. The number of amides is 1. The van der Waals surface area contributed by atoms with E-state index in [1.54, 1.807) is 6.08 Å². The van der Waals surface area contributed by atoms with Gasteiger partial charge in [-0.15, -0.1) is 0 Å². The van der Waals surface area contributed by atoms with Gasteiger partial charge in [-0.1, -0.05) is 210 Å². The van der Waals surface area contributed by atoms with Crippen molar-refractivity contribution in [3.05, 3.63) is 48.6 Å². The highest BCUT2D eigenvalue weighted by Gasteiger charge is 2.44. The zero-order valence-corrected chi connectivity index (χ0v) is 43.3. The number of hydrogen-bond acceptors (Lipinski definition) is 10. The van der Waals surface area contributed by atoms with Crippen LogP contribution in [0.3, 0.4) is 0 Å². The summed E-state index contributed by atoms with van der Waals surface area (Å²) in [7, 11) is 0. The van der Waals surface area contributed by atoms with E-state index in [-0.39, 0.29) is 24.9 Å². The van der Waals surface area contributed by atoms with Crippen LogP contribution in [0, 0.1) is 0 Å². The van der Waals surface area contributed by atoms with Crippen molar-refractivity contribution in [2.24, 2.45) is 0 Å². The fourth-order valence-electron chi connectivity index (χ4n) is 8.44. The predicted octanol–water partition coefficient (Wildman–Crippen LogP) is 12.1. The van der Waals surface area contributed by atoms with Crippen molar-refractivity contribution in [3.8, 4) is 0 Å². The van der Waals surface area contributed by atoms with Gasteiger partial charge in [-0.25, -0.2) is 0 Å². The second-order valence-corrected chi connectivity index (χ2v) is 19.3. The van der Waals surface area contributed by atoms with Crippen LogP contribution in [-0.4, -0.2) is 100 Å². The van der Waals surface area contributed by atoms with E-state index in [1.807, 2.05) is 18.2 Å². The van der Waals surface area contributed by atoms with Gasteiger partial charge in [0.2, 0.25) is 5.91 Å². The number of nitrogens with one attached hydrogen (secondary N) is 1. The van der Waals surface area contributed by atoms with Gasteiger partial charge >= 0.3 is 5.97 Å². The molecular weight excluding hydrogens is 859 g/mol. The molecule has 7 atom stereocenters. The van der Waals surface area contributed by atoms with Crippen molar-refractivity contribution < 1.29 is 49.3 Å². The van der Waals surface area contributed by atoms with Gasteiger partial charge in [0.15, 0.2) is 6.29 Å². The van der Waals surface area contributed by atoms with Crippen LogP contribution in [0.25, 0.3) is 0 Å². The topological polar surface area (TPSA) is 175 Å². The smallest absolute Gasteiger partial charge is 0.305 e. The van der Waals surface area contributed by atoms with Gasteiger partial charge in [0.1, 0.15) is 24.4 Å². The van der Waals surface area contributed by atoms with Crippen LogP contribution in [-0.2, 0) is 23.8 Å². The minimum atomic E-state index is -1.59. The molecule has 1 rings (SSSR count). The summed E-state index contributed by atoms with van der Waals surface area (Å²) < 4.78 is 16.6. The lowest BCUT2D eigenvalue weighted by Crippen LogP contribution is -2.60. The number of hydrogen-bond donors (Lipinski definition) is 6. The van der Waals surface area contributed by atoms with E-state index in [9.17, 15) is 35.1 Å². The number of carbonyl (C=O) groups is 2. The quantitative estimate of drug-likeness (QED) is 0.0196. The molecule has 0 aromatic heterocycles. The molecule has 1 heterocycles. The van der Waals surface area contributed by atoms with Crippen molar-refractivity contribution in [3.63, 3.8) is 0 Å². The van der Waals surface area contributed by atoms with Crippen molar-refractivity contribution >= 4 is 11.9 Å². The number of carbonyl (C=O) groups excluding carboxylic acids is 2. The molecule has 1 saturated heterocycles. The Kier molecular flexibility index (Phi) is 44.0. The number of allylic oxidation sites excluding steroid dienone is 7. The fourth-order valence-corrected chi connectivity index (χ4v) is 8.44. The largest absolute Gasteiger partial charge is 0.466 e. The summed E-state index contributed by atoms with van der Waals surface area (Å²) in [6, 6.07) is -0.870. The zero-order chi connectivity index (χ0) is 49.6. The maximum Gasteiger partial charge on any atom is 0.305 e. The van der Waals surface area contributed by atoms with E-state index in [2.05, 4.69) is 43.5 Å². The van der Waals surface area contributed by atoms with Gasteiger partial charge in [-0.3, -0.25) is 9.59 Å². The summed E-state index contributed by atoms with van der Waals surface area (Å²) in [6.07, 6.45) is 48.1. The van der Waals surface area contributed by atoms with E-state index < -0.39 is 49.5 Å². The summed E-state index contributed by atoms with van der Waals surface area (Å²) in [4.78, 5) is 25.0. The normalized spacial score (nSPS) is 19.8. The molecule has 0 spiro atoms. The van der Waals surface area contributed by atoms with Gasteiger partial charge in [-0.2, -0.15) is 0 Å². The van der Waals surface area contributed by atoms with Crippen molar-refractivity contribution in [2.75, 3.05) is 19.8 Å². The summed E-state index contributed by atoms with van der Waals surface area (Å²) in [5.41, 5.74) is 0. The first-order chi connectivity index (χ1) is 33.2. The molecule has 0 bridgehead atoms. The average molecular weight is 962 g/mol. The summed E-state index contributed by atoms with van der Waals surface area (Å²) in [5, 5.41) is 54.0. The highest BCUT2D eigenvalue weighted by atomic mass is 16.7. The maximum absolute atomic E-state index is 12.9. The minimum absolute atomic E-state index is 0.0370. The molecule has 0 aromatic carbocycles. The molecule has 0 radical (unpaired) electrons. The third-order valence-corrected chi connectivity index (χ3v) is 12.9. The van der Waals surface area contributed by atoms with Crippen LogP contribution in [0.1, 0.15) is 239 Å². The molecule has 7 unspecified atom stereocenters. The molecular formula is C57H103NO10. The Labute approximate surface area is 415 Å². The Hall–Kier alpha value is -2.38. The molecule has 0 saturated carbocycles. The molecule has 0 aromatic rings. The van der Waals surface area contributed by atoms with E-state index in [0.29, 0.717) is 19.4 Å². The van der Waals surface area contributed by atoms with E-state index in [1.165, 1.54) is 135 Å². The predicted molar refractivity (Wildman–Crippen MR) is 278 cm³/mol. The summed E-state index contributed by atoms with van der Waals surface area (Å²) in [6.45, 7) is 4.18. The van der Waals surface area contributed by atoms with Gasteiger partial charge < -0.3 is 45.1 Å². The van der Waals surface area contributed by atoms with E-state index >= 15 is 0 Å². The van der Waals surface area contributed by atoms with Gasteiger partial charge in [-0.05, 0) is 64.2 Å². The van der Waals surface area contributed by atoms with Crippen molar-refractivity contribution in [1.29, 1.82) is 0 Å². The monoisotopic (exact) mass is 962 g/mol. The molecule has 11 heteroatoms. The molecule has 1 fully saturated rings. The van der Waals surface area contributed by atoms with Crippen molar-refractivity contribution in [1.82, 2.24) is 5.32 Å². The number of esters is 1. The third-order valence-electron chi connectivity index (χ3n) is 12.9. The Bertz CT molecular complexity index is 1270. The average Bonchev–Trinajstić information content (AvgIpc) is 3.33. The van der Waals surface area contributed by atoms with Crippen LogP contribution in [0.2, 0.25) is 0 Å². The van der Waals surface area contributed by atoms with Gasteiger partial charge in [0.25, 0.3) is 0 Å². The lowest BCUT2D eigenvalue weighted by molar-refractivity contribution is -0.302. The first-order valence-corrected chi connectivity index (χ1v) is 27.9. The lowest BCUT2D eigenvalue weighted by atomic mass is 9.99. The first-order valence-electron chi connectivity index (χ1n) is 27.9. The van der Waals surface area contributed by atoms with Crippen LogP contribution in [0.5, 0.6) is 0 Å². The van der Waals surface area contributed by atoms with Crippen LogP contribution >= 0.6 is 0 Å².